The van der Waals surface area contributed by atoms with E-state index in [-0.39, 0.29) is 12.0 Å². The Hall–Kier alpha value is -2.04. The fourth-order valence-corrected chi connectivity index (χ4v) is 1.28. The molecule has 0 aromatic heterocycles. The van der Waals surface area contributed by atoms with Gasteiger partial charge in [0.25, 0.3) is 0 Å². The van der Waals surface area contributed by atoms with Gasteiger partial charge in [-0.2, -0.15) is 9.65 Å². The molecule has 0 fully saturated rings. The van der Waals surface area contributed by atoms with Gasteiger partial charge in [-0.05, 0) is 11.6 Å². The van der Waals surface area contributed by atoms with Gasteiger partial charge in [0.2, 0.25) is 5.82 Å². The molecule has 1 aromatic carbocycles. The highest BCUT2D eigenvalue weighted by atomic mass is 19.1. The Bertz CT molecular complexity index is 472. The lowest BCUT2D eigenvalue weighted by molar-refractivity contribution is -0.387. The van der Waals surface area contributed by atoms with Gasteiger partial charge in [-0.15, -0.1) is 0 Å². The number of hydrogen-bond acceptors (Lipinski definition) is 5. The van der Waals surface area contributed by atoms with Crippen molar-refractivity contribution >= 4 is 5.69 Å². The summed E-state index contributed by atoms with van der Waals surface area (Å²) in [7, 11) is 0. The second kappa shape index (κ2) is 5.34. The van der Waals surface area contributed by atoms with E-state index in [1.807, 2.05) is 0 Å². The summed E-state index contributed by atoms with van der Waals surface area (Å²) in [6, 6.07) is 4.43. The molecule has 0 aliphatic carbocycles. The first-order chi connectivity index (χ1) is 7.97. The van der Waals surface area contributed by atoms with E-state index in [9.17, 15) is 24.7 Å². The Morgan fingerprint density at radius 2 is 2.18 bits per heavy atom. The van der Waals surface area contributed by atoms with Crippen molar-refractivity contribution in [3.8, 4) is 6.07 Å². The zero-order chi connectivity index (χ0) is 13.0. The third kappa shape index (κ3) is 2.96. The van der Waals surface area contributed by atoms with Crippen LogP contribution < -0.4 is 0 Å². The lowest BCUT2D eigenvalue weighted by Crippen LogP contribution is -2.17. The Balaban J connectivity index is 3.04. The highest BCUT2D eigenvalue weighted by Gasteiger charge is 2.22. The predicted molar refractivity (Wildman–Crippen MR) is 54.3 cm³/mol. The molecule has 90 valence electrons. The largest absolute Gasteiger partial charge is 0.389 e. The molecule has 6 nitrogen and oxygen atoms in total. The third-order valence-corrected chi connectivity index (χ3v) is 2.17. The summed E-state index contributed by atoms with van der Waals surface area (Å²) in [5.41, 5.74) is -0.799. The van der Waals surface area contributed by atoms with E-state index in [0.29, 0.717) is 0 Å². The van der Waals surface area contributed by atoms with Gasteiger partial charge in [0.15, 0.2) is 0 Å². The van der Waals surface area contributed by atoms with Crippen molar-refractivity contribution in [3.63, 3.8) is 0 Å². The quantitative estimate of drug-likeness (QED) is 0.603. The Kier molecular flexibility index (Phi) is 4.09. The number of nitriles is 1. The molecule has 0 saturated carbocycles. The van der Waals surface area contributed by atoms with Crippen LogP contribution in [0.1, 0.15) is 18.1 Å². The molecule has 0 bridgehead atoms. The SMILES string of the molecule is N#CCC(O)C(O)c1ccc(F)c([N+](=O)[O-])c1. The van der Waals surface area contributed by atoms with E-state index in [1.54, 1.807) is 6.07 Å². The molecule has 0 heterocycles. The molecule has 0 aliphatic heterocycles. The molecule has 0 aliphatic rings. The number of halogens is 1. The number of aliphatic hydroxyl groups is 2. The molecule has 1 rings (SSSR count). The molecule has 17 heavy (non-hydrogen) atoms. The van der Waals surface area contributed by atoms with E-state index in [1.165, 1.54) is 0 Å². The summed E-state index contributed by atoms with van der Waals surface area (Å²) >= 11 is 0. The van der Waals surface area contributed by atoms with Gasteiger partial charge >= 0.3 is 5.69 Å². The van der Waals surface area contributed by atoms with Crippen LogP contribution in [0, 0.1) is 27.3 Å². The van der Waals surface area contributed by atoms with Crippen molar-refractivity contribution < 1.29 is 19.5 Å². The molecule has 2 atom stereocenters. The first-order valence-electron chi connectivity index (χ1n) is 4.64. The summed E-state index contributed by atoms with van der Waals surface area (Å²) in [5.74, 6) is -1.03. The highest BCUT2D eigenvalue weighted by Crippen LogP contribution is 2.25. The standard InChI is InChI=1S/C10H9FN2O4/c11-7-2-1-6(5-8(7)13(16)17)10(15)9(14)3-4-12/h1-2,5,9-10,14-15H,3H2. The van der Waals surface area contributed by atoms with Crippen LogP contribution in [-0.2, 0) is 0 Å². The predicted octanol–water partition coefficient (Wildman–Crippen LogP) is 1.04. The molecule has 0 radical (unpaired) electrons. The average Bonchev–Trinajstić information content (AvgIpc) is 2.28. The Morgan fingerprint density at radius 3 is 2.71 bits per heavy atom. The summed E-state index contributed by atoms with van der Waals surface area (Å²) in [6.45, 7) is 0. The molecular formula is C10H9FN2O4. The molecule has 2 N–H and O–H groups in total. The minimum atomic E-state index is -1.46. The van der Waals surface area contributed by atoms with E-state index in [2.05, 4.69) is 0 Å². The highest BCUT2D eigenvalue weighted by molar-refractivity contribution is 5.37. The second-order valence-electron chi connectivity index (χ2n) is 3.34. The first kappa shape index (κ1) is 13.0. The summed E-state index contributed by atoms with van der Waals surface area (Å²) in [6.07, 6.45) is -3.16. The Labute approximate surface area is 95.7 Å². The second-order valence-corrected chi connectivity index (χ2v) is 3.34. The van der Waals surface area contributed by atoms with Crippen LogP contribution in [0.5, 0.6) is 0 Å². The number of hydrogen-bond donors (Lipinski definition) is 2. The van der Waals surface area contributed by atoms with Crippen molar-refractivity contribution in [2.24, 2.45) is 0 Å². The van der Waals surface area contributed by atoms with Crippen LogP contribution in [0.3, 0.4) is 0 Å². The van der Waals surface area contributed by atoms with Crippen LogP contribution in [0.4, 0.5) is 10.1 Å². The summed E-state index contributed by atoms with van der Waals surface area (Å²) in [5, 5.41) is 37.7. The zero-order valence-corrected chi connectivity index (χ0v) is 8.58. The normalized spacial score (nSPS) is 13.8. The van der Waals surface area contributed by atoms with Crippen LogP contribution in [0.15, 0.2) is 18.2 Å². The maximum Gasteiger partial charge on any atom is 0.305 e. The minimum Gasteiger partial charge on any atom is -0.389 e. The van der Waals surface area contributed by atoms with Crippen LogP contribution >= 0.6 is 0 Å². The monoisotopic (exact) mass is 240 g/mol. The summed E-state index contributed by atoms with van der Waals surface area (Å²) in [4.78, 5) is 9.53. The number of aliphatic hydroxyl groups excluding tert-OH is 2. The van der Waals surface area contributed by atoms with Crippen LogP contribution in [0.25, 0.3) is 0 Å². The van der Waals surface area contributed by atoms with Gasteiger partial charge in [0, 0.05) is 6.07 Å². The van der Waals surface area contributed by atoms with Crippen LogP contribution in [-0.4, -0.2) is 21.2 Å². The van der Waals surface area contributed by atoms with E-state index in [4.69, 9.17) is 5.26 Å². The number of nitrogens with zero attached hydrogens (tertiary/aromatic N) is 2. The minimum absolute atomic E-state index is 0.0131. The number of nitro benzene ring substituents is 1. The molecule has 7 heteroatoms. The average molecular weight is 240 g/mol. The van der Waals surface area contributed by atoms with Gasteiger partial charge < -0.3 is 10.2 Å². The van der Waals surface area contributed by atoms with Gasteiger partial charge in [0.05, 0.1) is 23.5 Å². The third-order valence-electron chi connectivity index (χ3n) is 2.17. The molecular weight excluding hydrogens is 231 g/mol. The molecule has 0 amide bonds. The lowest BCUT2D eigenvalue weighted by atomic mass is 10.0. The number of rotatable bonds is 4. The maximum atomic E-state index is 13.0. The van der Waals surface area contributed by atoms with Gasteiger partial charge in [0.1, 0.15) is 6.10 Å². The van der Waals surface area contributed by atoms with Crippen molar-refractivity contribution in [3.05, 3.63) is 39.7 Å². The van der Waals surface area contributed by atoms with E-state index < -0.39 is 28.6 Å². The number of benzene rings is 1. The van der Waals surface area contributed by atoms with Gasteiger partial charge in [-0.1, -0.05) is 6.07 Å². The van der Waals surface area contributed by atoms with E-state index >= 15 is 0 Å². The smallest absolute Gasteiger partial charge is 0.305 e. The lowest BCUT2D eigenvalue weighted by Gasteiger charge is -2.15. The molecule has 0 saturated heterocycles. The molecule has 0 spiro atoms. The van der Waals surface area contributed by atoms with Crippen molar-refractivity contribution in [1.82, 2.24) is 0 Å². The Morgan fingerprint density at radius 1 is 1.53 bits per heavy atom. The number of nitro groups is 1. The molecule has 1 aromatic rings. The molecule has 2 unspecified atom stereocenters. The fraction of sp³-hybridized carbons (Fsp3) is 0.300. The first-order valence-corrected chi connectivity index (χ1v) is 4.64. The van der Waals surface area contributed by atoms with Crippen LogP contribution in [0.2, 0.25) is 0 Å². The van der Waals surface area contributed by atoms with Gasteiger partial charge in [-0.25, -0.2) is 0 Å². The zero-order valence-electron chi connectivity index (χ0n) is 8.58. The van der Waals surface area contributed by atoms with Crippen molar-refractivity contribution in [2.45, 2.75) is 18.6 Å². The van der Waals surface area contributed by atoms with E-state index in [0.717, 1.165) is 18.2 Å². The van der Waals surface area contributed by atoms with Crippen molar-refractivity contribution in [1.29, 1.82) is 5.26 Å². The maximum absolute atomic E-state index is 13.0. The topological polar surface area (TPSA) is 107 Å². The van der Waals surface area contributed by atoms with Crippen molar-refractivity contribution in [2.75, 3.05) is 0 Å². The summed E-state index contributed by atoms with van der Waals surface area (Å²) < 4.78 is 13.0. The fourth-order valence-electron chi connectivity index (χ4n) is 1.28. The van der Waals surface area contributed by atoms with Gasteiger partial charge in [-0.3, -0.25) is 10.1 Å².